The number of carboxylic acids is 1. The largest absolute Gasteiger partial charge is 0.480 e. The van der Waals surface area contributed by atoms with E-state index in [-0.39, 0.29) is 6.03 Å². The Morgan fingerprint density at radius 1 is 1.24 bits per heavy atom. The van der Waals surface area contributed by atoms with Crippen LogP contribution in [0.3, 0.4) is 0 Å². The third-order valence-corrected chi connectivity index (χ3v) is 2.74. The molecule has 1 atom stereocenters. The number of amides is 2. The minimum atomic E-state index is -0.998. The number of nitrogens with zero attached hydrogens (tertiary/aromatic N) is 1. The van der Waals surface area contributed by atoms with Gasteiger partial charge in [-0.05, 0) is 19.3 Å². The number of unbranched alkanes of at least 4 members (excludes halogenated alkanes) is 1. The molecule has 0 aromatic heterocycles. The number of carbonyl (C=O) groups is 2. The first-order valence-corrected chi connectivity index (χ1v) is 6.09. The van der Waals surface area contributed by atoms with Gasteiger partial charge in [0.2, 0.25) is 0 Å². The van der Waals surface area contributed by atoms with Crippen LogP contribution in [0, 0.1) is 5.92 Å². The molecule has 0 aromatic carbocycles. The number of hydrogen-bond donors (Lipinski definition) is 2. The highest BCUT2D eigenvalue weighted by atomic mass is 16.4. The van der Waals surface area contributed by atoms with Gasteiger partial charge in [0.15, 0.2) is 0 Å². The van der Waals surface area contributed by atoms with Crippen molar-refractivity contribution in [3.8, 4) is 0 Å². The molecule has 5 nitrogen and oxygen atoms in total. The number of nitrogens with one attached hydrogen (secondary N) is 1. The Morgan fingerprint density at radius 2 is 1.82 bits per heavy atom. The SMILES string of the molecule is CC(C)CCCCNC(=O)N(C)C(C)C(=O)O. The second kappa shape index (κ2) is 7.92. The van der Waals surface area contributed by atoms with Crippen molar-refractivity contribution < 1.29 is 14.7 Å². The van der Waals surface area contributed by atoms with E-state index in [4.69, 9.17) is 5.11 Å². The molecule has 0 heterocycles. The zero-order valence-electron chi connectivity index (χ0n) is 11.2. The molecule has 0 bridgehead atoms. The Hall–Kier alpha value is -1.26. The molecule has 2 amide bonds. The summed E-state index contributed by atoms with van der Waals surface area (Å²) in [7, 11) is 1.49. The molecule has 0 aliphatic heterocycles. The van der Waals surface area contributed by atoms with Crippen molar-refractivity contribution in [2.75, 3.05) is 13.6 Å². The number of rotatable bonds is 7. The maximum Gasteiger partial charge on any atom is 0.326 e. The molecule has 0 fully saturated rings. The minimum Gasteiger partial charge on any atom is -0.480 e. The molecule has 0 aromatic rings. The molecule has 0 aliphatic rings. The Morgan fingerprint density at radius 3 is 2.29 bits per heavy atom. The monoisotopic (exact) mass is 244 g/mol. The van der Waals surface area contributed by atoms with E-state index in [0.717, 1.165) is 19.3 Å². The average molecular weight is 244 g/mol. The van der Waals surface area contributed by atoms with Gasteiger partial charge in [-0.25, -0.2) is 9.59 Å². The highest BCUT2D eigenvalue weighted by molar-refractivity contribution is 5.82. The van der Waals surface area contributed by atoms with Crippen molar-refractivity contribution in [2.45, 2.75) is 46.1 Å². The fourth-order valence-corrected chi connectivity index (χ4v) is 1.34. The summed E-state index contributed by atoms with van der Waals surface area (Å²) in [5, 5.41) is 11.5. The Balaban J connectivity index is 3.75. The number of hydrogen-bond acceptors (Lipinski definition) is 2. The molecular formula is C12H24N2O3. The zero-order chi connectivity index (χ0) is 13.4. The van der Waals surface area contributed by atoms with E-state index in [1.165, 1.54) is 18.9 Å². The number of likely N-dealkylation sites (N-methyl/N-ethyl adjacent to an activating group) is 1. The van der Waals surface area contributed by atoms with Gasteiger partial charge in [0.05, 0.1) is 0 Å². The first-order chi connectivity index (χ1) is 7.86. The van der Waals surface area contributed by atoms with Crippen LogP contribution < -0.4 is 5.32 Å². The van der Waals surface area contributed by atoms with Crippen LogP contribution in [0.25, 0.3) is 0 Å². The number of aliphatic carboxylic acids is 1. The highest BCUT2D eigenvalue weighted by Crippen LogP contribution is 2.05. The Labute approximate surface area is 103 Å². The fourth-order valence-electron chi connectivity index (χ4n) is 1.34. The zero-order valence-corrected chi connectivity index (χ0v) is 11.2. The summed E-state index contributed by atoms with van der Waals surface area (Å²) >= 11 is 0. The van der Waals surface area contributed by atoms with Gasteiger partial charge < -0.3 is 15.3 Å². The summed E-state index contributed by atoms with van der Waals surface area (Å²) in [6.45, 7) is 6.42. The van der Waals surface area contributed by atoms with Crippen LogP contribution in [-0.4, -0.2) is 41.6 Å². The molecule has 100 valence electrons. The predicted octanol–water partition coefficient (Wildman–Crippen LogP) is 1.93. The summed E-state index contributed by atoms with van der Waals surface area (Å²) in [5.74, 6) is -0.317. The lowest BCUT2D eigenvalue weighted by atomic mass is 10.1. The molecule has 0 rings (SSSR count). The van der Waals surface area contributed by atoms with Crippen molar-refractivity contribution >= 4 is 12.0 Å². The van der Waals surface area contributed by atoms with Crippen LogP contribution in [0.15, 0.2) is 0 Å². The molecule has 1 unspecified atom stereocenters. The molecule has 0 saturated carbocycles. The molecule has 0 radical (unpaired) electrons. The first-order valence-electron chi connectivity index (χ1n) is 6.09. The van der Waals surface area contributed by atoms with E-state index in [1.54, 1.807) is 0 Å². The van der Waals surface area contributed by atoms with Crippen molar-refractivity contribution in [3.63, 3.8) is 0 Å². The summed E-state index contributed by atoms with van der Waals surface area (Å²) < 4.78 is 0. The Kier molecular flexibility index (Phi) is 7.34. The summed E-state index contributed by atoms with van der Waals surface area (Å²) in [6, 6.07) is -1.13. The predicted molar refractivity (Wildman–Crippen MR) is 66.9 cm³/mol. The van der Waals surface area contributed by atoms with Gasteiger partial charge in [0.25, 0.3) is 0 Å². The maximum atomic E-state index is 11.5. The average Bonchev–Trinajstić information content (AvgIpc) is 2.25. The summed E-state index contributed by atoms with van der Waals surface area (Å²) in [5.41, 5.74) is 0. The fraction of sp³-hybridized carbons (Fsp3) is 0.833. The van der Waals surface area contributed by atoms with Gasteiger partial charge >= 0.3 is 12.0 Å². The smallest absolute Gasteiger partial charge is 0.326 e. The van der Waals surface area contributed by atoms with Crippen LogP contribution in [0.1, 0.15) is 40.0 Å². The van der Waals surface area contributed by atoms with E-state index in [1.807, 2.05) is 0 Å². The molecule has 5 heteroatoms. The van der Waals surface area contributed by atoms with E-state index in [9.17, 15) is 9.59 Å². The van der Waals surface area contributed by atoms with Gasteiger partial charge in [0.1, 0.15) is 6.04 Å². The van der Waals surface area contributed by atoms with Crippen LogP contribution in [0.2, 0.25) is 0 Å². The third-order valence-electron chi connectivity index (χ3n) is 2.74. The third kappa shape index (κ3) is 6.81. The van der Waals surface area contributed by atoms with Crippen LogP contribution >= 0.6 is 0 Å². The van der Waals surface area contributed by atoms with E-state index in [2.05, 4.69) is 19.2 Å². The van der Waals surface area contributed by atoms with Gasteiger partial charge in [-0.1, -0.05) is 26.7 Å². The minimum absolute atomic E-state index is 0.329. The highest BCUT2D eigenvalue weighted by Gasteiger charge is 2.20. The van der Waals surface area contributed by atoms with E-state index < -0.39 is 12.0 Å². The van der Waals surface area contributed by atoms with E-state index in [0.29, 0.717) is 12.5 Å². The molecule has 0 spiro atoms. The summed E-state index contributed by atoms with van der Waals surface area (Å²) in [4.78, 5) is 23.4. The van der Waals surface area contributed by atoms with E-state index >= 15 is 0 Å². The lowest BCUT2D eigenvalue weighted by Gasteiger charge is -2.21. The van der Waals surface area contributed by atoms with Crippen molar-refractivity contribution in [3.05, 3.63) is 0 Å². The van der Waals surface area contributed by atoms with Crippen molar-refractivity contribution in [1.82, 2.24) is 10.2 Å². The second-order valence-electron chi connectivity index (χ2n) is 4.75. The number of urea groups is 1. The lowest BCUT2D eigenvalue weighted by molar-refractivity contribution is -0.141. The standard InChI is InChI=1S/C12H24N2O3/c1-9(2)7-5-6-8-13-12(17)14(4)10(3)11(15)16/h9-10H,5-8H2,1-4H3,(H,13,17)(H,15,16). The number of carboxylic acid groups (broad SMARTS) is 1. The van der Waals surface area contributed by atoms with Gasteiger partial charge in [-0.2, -0.15) is 0 Å². The molecular weight excluding hydrogens is 220 g/mol. The Bertz CT molecular complexity index is 254. The van der Waals surface area contributed by atoms with Gasteiger partial charge in [-0.3, -0.25) is 0 Å². The van der Waals surface area contributed by atoms with Gasteiger partial charge in [0, 0.05) is 13.6 Å². The van der Waals surface area contributed by atoms with Crippen LogP contribution in [-0.2, 0) is 4.79 Å². The molecule has 0 saturated heterocycles. The lowest BCUT2D eigenvalue weighted by Crippen LogP contribution is -2.45. The molecule has 0 aliphatic carbocycles. The topological polar surface area (TPSA) is 69.6 Å². The second-order valence-corrected chi connectivity index (χ2v) is 4.75. The maximum absolute atomic E-state index is 11.5. The normalized spacial score (nSPS) is 12.3. The summed E-state index contributed by atoms with van der Waals surface area (Å²) in [6.07, 6.45) is 3.16. The van der Waals surface area contributed by atoms with Crippen molar-refractivity contribution in [1.29, 1.82) is 0 Å². The molecule has 2 N–H and O–H groups in total. The first kappa shape index (κ1) is 15.7. The van der Waals surface area contributed by atoms with Crippen molar-refractivity contribution in [2.24, 2.45) is 5.92 Å². The number of carbonyl (C=O) groups excluding carboxylic acids is 1. The van der Waals surface area contributed by atoms with Crippen LogP contribution in [0.5, 0.6) is 0 Å². The molecule has 17 heavy (non-hydrogen) atoms. The quantitative estimate of drug-likeness (QED) is 0.672. The van der Waals surface area contributed by atoms with Gasteiger partial charge in [-0.15, -0.1) is 0 Å². The van der Waals surface area contributed by atoms with Crippen LogP contribution in [0.4, 0.5) is 4.79 Å².